The number of aromatic nitrogens is 1. The lowest BCUT2D eigenvalue weighted by Gasteiger charge is -2.06. The Balaban J connectivity index is 1.89. The summed E-state index contributed by atoms with van der Waals surface area (Å²) in [6.07, 6.45) is 1.55. The first-order chi connectivity index (χ1) is 13.4. The quantitative estimate of drug-likeness (QED) is 0.477. The molecule has 9 heteroatoms. The van der Waals surface area contributed by atoms with Crippen molar-refractivity contribution in [3.8, 4) is 11.8 Å². The molecule has 0 unspecified atom stereocenters. The third-order valence-corrected chi connectivity index (χ3v) is 5.17. The van der Waals surface area contributed by atoms with Gasteiger partial charge in [0.15, 0.2) is 0 Å². The zero-order valence-electron chi connectivity index (χ0n) is 14.3. The van der Waals surface area contributed by atoms with Crippen molar-refractivity contribution in [2.45, 2.75) is 0 Å². The average molecular weight is 436 g/mol. The van der Waals surface area contributed by atoms with Crippen molar-refractivity contribution in [2.75, 3.05) is 7.05 Å². The van der Waals surface area contributed by atoms with Gasteiger partial charge < -0.3 is 5.11 Å². The summed E-state index contributed by atoms with van der Waals surface area (Å²) < 4.78 is 0.231. The maximum atomic E-state index is 12.4. The number of hydrogen-bond acceptors (Lipinski definition) is 7. The van der Waals surface area contributed by atoms with Crippen molar-refractivity contribution in [3.63, 3.8) is 0 Å². The predicted octanol–water partition coefficient (Wildman–Crippen LogP) is 4.22. The minimum absolute atomic E-state index is 0.0121. The normalized spacial score (nSPS) is 13.4. The lowest BCUT2D eigenvalue weighted by atomic mass is 10.0. The highest BCUT2D eigenvalue weighted by Crippen LogP contribution is 2.40. The molecule has 1 aliphatic heterocycles. The number of carbonyl (C=O) groups is 2. The van der Waals surface area contributed by atoms with Crippen LogP contribution in [0.15, 0.2) is 51.2 Å². The molecule has 136 valence electrons. The van der Waals surface area contributed by atoms with E-state index in [1.54, 1.807) is 24.4 Å². The summed E-state index contributed by atoms with van der Waals surface area (Å²) in [6, 6.07) is 9.77. The van der Waals surface area contributed by atoms with Crippen LogP contribution in [-0.2, 0) is 0 Å². The van der Waals surface area contributed by atoms with Gasteiger partial charge in [0.25, 0.3) is 11.8 Å². The Morgan fingerprint density at radius 1 is 1.21 bits per heavy atom. The summed E-state index contributed by atoms with van der Waals surface area (Å²) in [7, 11) is 1.37. The zero-order chi connectivity index (χ0) is 20.0. The number of fused-ring (bicyclic) bond motifs is 2. The standard InChI is InChI=1S/C19H10BrN5O3/c1-25-18(27)11-7-9(8-21)16(15(20)14(11)19(25)28)24-23-12-4-5-13(26)17-10(12)3-2-6-22-17/h2-7,26H,1H3/b24-23+. The summed E-state index contributed by atoms with van der Waals surface area (Å²) in [5.74, 6) is -0.943. The first-order valence-corrected chi connectivity index (χ1v) is 8.80. The number of halogens is 1. The second-order valence-corrected chi connectivity index (χ2v) is 6.79. The second-order valence-electron chi connectivity index (χ2n) is 5.99. The highest BCUT2D eigenvalue weighted by atomic mass is 79.9. The summed E-state index contributed by atoms with van der Waals surface area (Å²) in [6.45, 7) is 0. The fourth-order valence-electron chi connectivity index (χ4n) is 2.97. The molecule has 0 aliphatic carbocycles. The van der Waals surface area contributed by atoms with Gasteiger partial charge in [-0.05, 0) is 46.3 Å². The highest BCUT2D eigenvalue weighted by molar-refractivity contribution is 9.10. The molecule has 0 saturated carbocycles. The Kier molecular flexibility index (Phi) is 4.13. The number of phenols is 1. The van der Waals surface area contributed by atoms with Crippen molar-refractivity contribution in [2.24, 2.45) is 10.2 Å². The third kappa shape index (κ3) is 2.54. The summed E-state index contributed by atoms with van der Waals surface area (Å²) in [5.41, 5.74) is 1.34. The first-order valence-electron chi connectivity index (χ1n) is 8.01. The lowest BCUT2D eigenvalue weighted by Crippen LogP contribution is -2.24. The van der Waals surface area contributed by atoms with Gasteiger partial charge >= 0.3 is 0 Å². The molecule has 1 aromatic heterocycles. The first kappa shape index (κ1) is 17.8. The Morgan fingerprint density at radius 2 is 2.00 bits per heavy atom. The summed E-state index contributed by atoms with van der Waals surface area (Å²) in [4.78, 5) is 29.6. The summed E-state index contributed by atoms with van der Waals surface area (Å²) >= 11 is 3.30. The minimum atomic E-state index is -0.480. The van der Waals surface area contributed by atoms with Gasteiger partial charge in [-0.15, -0.1) is 10.2 Å². The van der Waals surface area contributed by atoms with Crippen LogP contribution in [0.25, 0.3) is 10.9 Å². The molecular formula is C19H10BrN5O3. The minimum Gasteiger partial charge on any atom is -0.506 e. The van der Waals surface area contributed by atoms with Crippen molar-refractivity contribution in [1.82, 2.24) is 9.88 Å². The van der Waals surface area contributed by atoms with Gasteiger partial charge in [0, 0.05) is 18.6 Å². The van der Waals surface area contributed by atoms with Gasteiger partial charge in [-0.3, -0.25) is 19.5 Å². The Hall–Kier alpha value is -3.64. The monoisotopic (exact) mass is 435 g/mol. The van der Waals surface area contributed by atoms with Gasteiger partial charge in [0.2, 0.25) is 0 Å². The van der Waals surface area contributed by atoms with E-state index in [1.165, 1.54) is 19.2 Å². The van der Waals surface area contributed by atoms with Crippen molar-refractivity contribution in [1.29, 1.82) is 5.26 Å². The molecular weight excluding hydrogens is 426 g/mol. The maximum absolute atomic E-state index is 12.4. The number of nitriles is 1. The molecule has 1 aliphatic rings. The van der Waals surface area contributed by atoms with E-state index in [0.717, 1.165) is 4.90 Å². The average Bonchev–Trinajstić information content (AvgIpc) is 2.92. The lowest BCUT2D eigenvalue weighted by molar-refractivity contribution is 0.0693. The van der Waals surface area contributed by atoms with E-state index in [4.69, 9.17) is 0 Å². The smallest absolute Gasteiger partial charge is 0.262 e. The SMILES string of the molecule is CN1C(=O)c2cc(C#N)c(/N=N/c3ccc(O)c4ncccc34)c(Br)c2C1=O. The maximum Gasteiger partial charge on any atom is 0.262 e. The van der Waals surface area contributed by atoms with E-state index in [-0.39, 0.29) is 32.6 Å². The molecule has 0 spiro atoms. The number of benzene rings is 2. The molecule has 0 fully saturated rings. The van der Waals surface area contributed by atoms with Crippen LogP contribution in [0.3, 0.4) is 0 Å². The van der Waals surface area contributed by atoms with Crippen LogP contribution in [0.1, 0.15) is 26.3 Å². The van der Waals surface area contributed by atoms with Crippen LogP contribution in [0.5, 0.6) is 5.75 Å². The van der Waals surface area contributed by atoms with E-state index in [0.29, 0.717) is 16.6 Å². The van der Waals surface area contributed by atoms with Gasteiger partial charge in [0.1, 0.15) is 23.0 Å². The van der Waals surface area contributed by atoms with Crippen LogP contribution in [0, 0.1) is 11.3 Å². The number of azo groups is 1. The number of amides is 2. The number of rotatable bonds is 2. The van der Waals surface area contributed by atoms with Crippen LogP contribution in [0.4, 0.5) is 11.4 Å². The number of phenolic OH excluding ortho intramolecular Hbond substituents is 1. The Labute approximate surface area is 166 Å². The molecule has 28 heavy (non-hydrogen) atoms. The molecule has 3 aromatic rings. The van der Waals surface area contributed by atoms with E-state index < -0.39 is 11.8 Å². The number of nitrogens with zero attached hydrogens (tertiary/aromatic N) is 5. The van der Waals surface area contributed by atoms with Crippen LogP contribution < -0.4 is 0 Å². The fourth-order valence-corrected chi connectivity index (χ4v) is 3.65. The number of hydrogen-bond donors (Lipinski definition) is 1. The number of pyridine rings is 1. The number of carbonyl (C=O) groups excluding carboxylic acids is 2. The molecule has 0 bridgehead atoms. The Morgan fingerprint density at radius 3 is 2.75 bits per heavy atom. The molecule has 0 saturated heterocycles. The van der Waals surface area contributed by atoms with E-state index in [2.05, 4.69) is 31.1 Å². The fraction of sp³-hybridized carbons (Fsp3) is 0.0526. The molecule has 2 aromatic carbocycles. The molecule has 0 atom stereocenters. The van der Waals surface area contributed by atoms with Crippen LogP contribution in [0.2, 0.25) is 0 Å². The molecule has 1 N–H and O–H groups in total. The van der Waals surface area contributed by atoms with Crippen molar-refractivity contribution in [3.05, 3.63) is 57.7 Å². The van der Waals surface area contributed by atoms with Gasteiger partial charge in [0.05, 0.1) is 26.9 Å². The van der Waals surface area contributed by atoms with Crippen LogP contribution >= 0.6 is 15.9 Å². The van der Waals surface area contributed by atoms with E-state index in [1.807, 2.05) is 6.07 Å². The second kappa shape index (κ2) is 6.51. The van der Waals surface area contributed by atoms with E-state index in [9.17, 15) is 20.0 Å². The number of aromatic hydroxyl groups is 1. The third-order valence-electron chi connectivity index (χ3n) is 4.40. The van der Waals surface area contributed by atoms with Gasteiger partial charge in [-0.25, -0.2) is 0 Å². The summed E-state index contributed by atoms with van der Waals surface area (Å²) in [5, 5.41) is 28.3. The van der Waals surface area contributed by atoms with Crippen molar-refractivity contribution < 1.29 is 14.7 Å². The predicted molar refractivity (Wildman–Crippen MR) is 103 cm³/mol. The van der Waals surface area contributed by atoms with Crippen LogP contribution in [-0.4, -0.2) is 33.9 Å². The molecule has 8 nitrogen and oxygen atoms in total. The van der Waals surface area contributed by atoms with Gasteiger partial charge in [-0.2, -0.15) is 5.26 Å². The van der Waals surface area contributed by atoms with Crippen molar-refractivity contribution >= 4 is 50.0 Å². The topological polar surface area (TPSA) is 119 Å². The Bertz CT molecular complexity index is 1260. The number of imide groups is 1. The largest absolute Gasteiger partial charge is 0.506 e. The van der Waals surface area contributed by atoms with Gasteiger partial charge in [-0.1, -0.05) is 0 Å². The highest BCUT2D eigenvalue weighted by Gasteiger charge is 2.36. The molecule has 2 heterocycles. The molecule has 4 rings (SSSR count). The molecule has 0 radical (unpaired) electrons. The molecule has 2 amide bonds. The zero-order valence-corrected chi connectivity index (χ0v) is 15.9. The van der Waals surface area contributed by atoms with E-state index >= 15 is 0 Å².